The molecule has 1 amide bonds. The molecule has 1 aromatic heterocycles. The summed E-state index contributed by atoms with van der Waals surface area (Å²) in [5, 5.41) is 0. The van der Waals surface area contributed by atoms with Gasteiger partial charge < -0.3 is 9.15 Å². The minimum Gasteiger partial charge on any atom is -0.468 e. The topological polar surface area (TPSA) is 94.6 Å². The standard InChI is InChI=1S/C10H14N2O4S/c1-6-8(10(14)12-11)3-7(16-6)4-17-5-9(13)15-2/h3H,4-5,11H2,1-2H3,(H,12,14). The van der Waals surface area contributed by atoms with Crippen LogP contribution in [0.15, 0.2) is 10.5 Å². The van der Waals surface area contributed by atoms with Crippen LogP contribution in [0.3, 0.4) is 0 Å². The van der Waals surface area contributed by atoms with Crippen LogP contribution in [-0.2, 0) is 15.3 Å². The van der Waals surface area contributed by atoms with Crippen LogP contribution in [0.5, 0.6) is 0 Å². The number of hydrazine groups is 1. The fraction of sp³-hybridized carbons (Fsp3) is 0.400. The van der Waals surface area contributed by atoms with E-state index in [0.717, 1.165) is 0 Å². The molecule has 1 aromatic rings. The van der Waals surface area contributed by atoms with Crippen molar-refractivity contribution in [2.45, 2.75) is 12.7 Å². The van der Waals surface area contributed by atoms with Crippen molar-refractivity contribution in [1.29, 1.82) is 0 Å². The molecule has 0 aliphatic carbocycles. The third-order valence-corrected chi connectivity index (χ3v) is 2.96. The Morgan fingerprint density at radius 2 is 2.29 bits per heavy atom. The van der Waals surface area contributed by atoms with E-state index in [1.165, 1.54) is 18.9 Å². The second-order valence-electron chi connectivity index (χ2n) is 3.22. The van der Waals surface area contributed by atoms with Gasteiger partial charge in [-0.3, -0.25) is 15.0 Å². The monoisotopic (exact) mass is 258 g/mol. The van der Waals surface area contributed by atoms with Crippen molar-refractivity contribution in [3.05, 3.63) is 23.2 Å². The highest BCUT2D eigenvalue weighted by molar-refractivity contribution is 7.99. The van der Waals surface area contributed by atoms with E-state index >= 15 is 0 Å². The number of thioether (sulfide) groups is 1. The van der Waals surface area contributed by atoms with E-state index in [1.807, 2.05) is 5.43 Å². The van der Waals surface area contributed by atoms with Gasteiger partial charge in [-0.2, -0.15) is 0 Å². The van der Waals surface area contributed by atoms with Crippen molar-refractivity contribution in [3.63, 3.8) is 0 Å². The van der Waals surface area contributed by atoms with Crippen molar-refractivity contribution < 1.29 is 18.7 Å². The predicted molar refractivity (Wildman–Crippen MR) is 63.3 cm³/mol. The van der Waals surface area contributed by atoms with Gasteiger partial charge in [0, 0.05) is 0 Å². The maximum absolute atomic E-state index is 11.3. The molecule has 0 bridgehead atoms. The summed E-state index contributed by atoms with van der Waals surface area (Å²) in [4.78, 5) is 22.2. The molecule has 0 spiro atoms. The van der Waals surface area contributed by atoms with Crippen LogP contribution in [0.1, 0.15) is 21.9 Å². The molecule has 1 rings (SSSR count). The largest absolute Gasteiger partial charge is 0.468 e. The zero-order chi connectivity index (χ0) is 12.8. The van der Waals surface area contributed by atoms with E-state index in [-0.39, 0.29) is 11.7 Å². The number of aryl methyl sites for hydroxylation is 1. The van der Waals surface area contributed by atoms with Crippen LogP contribution in [0.25, 0.3) is 0 Å². The molecule has 0 aliphatic heterocycles. The molecule has 94 valence electrons. The van der Waals surface area contributed by atoms with E-state index < -0.39 is 5.91 Å². The first-order chi connectivity index (χ1) is 8.08. The highest BCUT2D eigenvalue weighted by atomic mass is 32.2. The van der Waals surface area contributed by atoms with Gasteiger partial charge in [-0.25, -0.2) is 5.84 Å². The Labute approximate surface area is 103 Å². The molecular formula is C10H14N2O4S. The fourth-order valence-corrected chi connectivity index (χ4v) is 1.94. The predicted octanol–water partition coefficient (Wildman–Crippen LogP) is 0.598. The highest BCUT2D eigenvalue weighted by Gasteiger charge is 2.14. The van der Waals surface area contributed by atoms with Gasteiger partial charge >= 0.3 is 5.97 Å². The third kappa shape index (κ3) is 3.79. The fourth-order valence-electron chi connectivity index (χ4n) is 1.21. The molecule has 0 fully saturated rings. The summed E-state index contributed by atoms with van der Waals surface area (Å²) < 4.78 is 9.87. The number of furan rings is 1. The molecule has 0 saturated carbocycles. The summed E-state index contributed by atoms with van der Waals surface area (Å²) in [5.41, 5.74) is 2.44. The van der Waals surface area contributed by atoms with E-state index in [1.54, 1.807) is 13.0 Å². The zero-order valence-corrected chi connectivity index (χ0v) is 10.4. The maximum atomic E-state index is 11.3. The Morgan fingerprint density at radius 3 is 2.88 bits per heavy atom. The maximum Gasteiger partial charge on any atom is 0.315 e. The van der Waals surface area contributed by atoms with E-state index in [2.05, 4.69) is 4.74 Å². The SMILES string of the molecule is COC(=O)CSCc1cc(C(=O)NN)c(C)o1. The van der Waals surface area contributed by atoms with Crippen molar-refractivity contribution >= 4 is 23.6 Å². The average Bonchev–Trinajstić information content (AvgIpc) is 2.69. The van der Waals surface area contributed by atoms with Gasteiger partial charge in [0.15, 0.2) is 0 Å². The van der Waals surface area contributed by atoms with Crippen LogP contribution in [0.2, 0.25) is 0 Å². The van der Waals surface area contributed by atoms with Gasteiger partial charge in [0.1, 0.15) is 11.5 Å². The minimum atomic E-state index is -0.393. The van der Waals surface area contributed by atoms with Crippen LogP contribution in [-0.4, -0.2) is 24.7 Å². The number of carbonyl (C=O) groups excluding carboxylic acids is 2. The number of ether oxygens (including phenoxy) is 1. The Balaban J connectivity index is 2.56. The number of methoxy groups -OCH3 is 1. The average molecular weight is 258 g/mol. The summed E-state index contributed by atoms with van der Waals surface area (Å²) in [5.74, 6) is 6.21. The molecule has 0 saturated heterocycles. The summed E-state index contributed by atoms with van der Waals surface area (Å²) in [6.07, 6.45) is 0. The number of carbonyl (C=O) groups is 2. The lowest BCUT2D eigenvalue weighted by Crippen LogP contribution is -2.30. The first-order valence-corrected chi connectivity index (χ1v) is 5.98. The third-order valence-electron chi connectivity index (χ3n) is 2.04. The number of rotatable bonds is 5. The van der Waals surface area contributed by atoms with E-state index in [4.69, 9.17) is 10.3 Å². The number of nitrogen functional groups attached to an aromatic ring is 1. The normalized spacial score (nSPS) is 10.1. The van der Waals surface area contributed by atoms with E-state index in [0.29, 0.717) is 22.8 Å². The van der Waals surface area contributed by atoms with Crippen LogP contribution < -0.4 is 11.3 Å². The Morgan fingerprint density at radius 1 is 1.59 bits per heavy atom. The number of nitrogens with two attached hydrogens (primary N) is 1. The molecule has 17 heavy (non-hydrogen) atoms. The number of amides is 1. The number of hydrogen-bond donors (Lipinski definition) is 2. The van der Waals surface area contributed by atoms with Gasteiger partial charge in [-0.15, -0.1) is 11.8 Å². The van der Waals surface area contributed by atoms with Crippen molar-refractivity contribution in [1.82, 2.24) is 5.43 Å². The zero-order valence-electron chi connectivity index (χ0n) is 9.61. The molecule has 3 N–H and O–H groups in total. The first kappa shape index (κ1) is 13.6. The van der Waals surface area contributed by atoms with Crippen molar-refractivity contribution in [2.75, 3.05) is 12.9 Å². The van der Waals surface area contributed by atoms with Gasteiger partial charge in [-0.05, 0) is 13.0 Å². The van der Waals surface area contributed by atoms with Crippen LogP contribution in [0.4, 0.5) is 0 Å². The van der Waals surface area contributed by atoms with Crippen LogP contribution >= 0.6 is 11.8 Å². The summed E-state index contributed by atoms with van der Waals surface area (Å²) >= 11 is 1.35. The number of esters is 1. The van der Waals surface area contributed by atoms with Crippen LogP contribution in [0, 0.1) is 6.92 Å². The molecule has 1 heterocycles. The molecule has 0 aromatic carbocycles. The van der Waals surface area contributed by atoms with Gasteiger partial charge in [0.25, 0.3) is 5.91 Å². The Hall–Kier alpha value is -1.47. The number of hydrogen-bond acceptors (Lipinski definition) is 6. The lowest BCUT2D eigenvalue weighted by Gasteiger charge is -1.97. The van der Waals surface area contributed by atoms with Gasteiger partial charge in [-0.1, -0.05) is 0 Å². The molecule has 0 aliphatic rings. The molecule has 0 radical (unpaired) electrons. The molecule has 0 atom stereocenters. The minimum absolute atomic E-state index is 0.245. The summed E-state index contributed by atoms with van der Waals surface area (Å²) in [7, 11) is 1.34. The second-order valence-corrected chi connectivity index (χ2v) is 4.21. The highest BCUT2D eigenvalue weighted by Crippen LogP contribution is 2.19. The summed E-state index contributed by atoms with van der Waals surface area (Å²) in [6.45, 7) is 1.68. The Kier molecular flexibility index (Phi) is 5.05. The second kappa shape index (κ2) is 6.31. The summed E-state index contributed by atoms with van der Waals surface area (Å²) in [6, 6.07) is 1.61. The number of nitrogens with one attached hydrogen (secondary N) is 1. The first-order valence-electron chi connectivity index (χ1n) is 4.83. The molecule has 7 heteroatoms. The quantitative estimate of drug-likeness (QED) is 0.347. The lowest BCUT2D eigenvalue weighted by molar-refractivity contribution is -0.137. The van der Waals surface area contributed by atoms with Crippen molar-refractivity contribution in [3.8, 4) is 0 Å². The Bertz CT molecular complexity index is 416. The molecular weight excluding hydrogens is 244 g/mol. The molecule has 6 nitrogen and oxygen atoms in total. The lowest BCUT2D eigenvalue weighted by atomic mass is 10.2. The van der Waals surface area contributed by atoms with E-state index in [9.17, 15) is 9.59 Å². The van der Waals surface area contributed by atoms with Crippen molar-refractivity contribution in [2.24, 2.45) is 5.84 Å². The smallest absolute Gasteiger partial charge is 0.315 e. The van der Waals surface area contributed by atoms with Gasteiger partial charge in [0.2, 0.25) is 0 Å². The van der Waals surface area contributed by atoms with Gasteiger partial charge in [0.05, 0.1) is 24.2 Å². The molecule has 0 unspecified atom stereocenters.